The van der Waals surface area contributed by atoms with Crippen LogP contribution in [-0.4, -0.2) is 38.8 Å². The molecule has 2 aromatic rings. The monoisotopic (exact) mass is 478 g/mol. The fraction of sp³-hybridized carbons (Fsp3) is 0.286. The van der Waals surface area contributed by atoms with E-state index in [1.807, 2.05) is 0 Å². The zero-order valence-corrected chi connectivity index (χ0v) is 19.3. The summed E-state index contributed by atoms with van der Waals surface area (Å²) in [5, 5.41) is 7.93. The predicted octanol–water partition coefficient (Wildman–Crippen LogP) is 2.07. The van der Waals surface area contributed by atoms with Crippen molar-refractivity contribution in [2.45, 2.75) is 38.1 Å². The normalized spacial score (nSPS) is 15.6. The highest BCUT2D eigenvalue weighted by molar-refractivity contribution is 7.93. The number of carbonyl (C=O) groups is 3. The van der Waals surface area contributed by atoms with Gasteiger partial charge in [0.2, 0.25) is 17.7 Å². The highest BCUT2D eigenvalue weighted by Crippen LogP contribution is 2.39. The van der Waals surface area contributed by atoms with E-state index in [9.17, 15) is 22.8 Å². The van der Waals surface area contributed by atoms with Gasteiger partial charge in [-0.2, -0.15) is 0 Å². The molecule has 0 saturated carbocycles. The third-order valence-corrected chi connectivity index (χ3v) is 7.28. The Hall–Kier alpha value is -3.11. The number of carbonyl (C=O) groups excluding carboxylic acids is 3. The lowest BCUT2D eigenvalue weighted by Crippen LogP contribution is -2.53. The van der Waals surface area contributed by atoms with E-state index in [0.717, 1.165) is 4.31 Å². The van der Waals surface area contributed by atoms with Crippen molar-refractivity contribution in [1.82, 2.24) is 10.6 Å². The van der Waals surface area contributed by atoms with Crippen LogP contribution >= 0.6 is 11.6 Å². The van der Waals surface area contributed by atoms with E-state index in [4.69, 9.17) is 11.6 Å². The van der Waals surface area contributed by atoms with Gasteiger partial charge in [-0.15, -0.1) is 0 Å². The molecule has 0 aliphatic carbocycles. The molecule has 1 atom stereocenters. The van der Waals surface area contributed by atoms with Crippen molar-refractivity contribution in [3.05, 3.63) is 52.5 Å². The summed E-state index contributed by atoms with van der Waals surface area (Å²) in [6, 6.07) is 8.21. The molecule has 3 rings (SSSR count). The molecule has 0 radical (unpaired) electrons. The van der Waals surface area contributed by atoms with Crippen LogP contribution in [0.5, 0.6) is 0 Å². The largest absolute Gasteiger partial charge is 0.339 e. The molecule has 9 nitrogen and oxygen atoms in total. The maximum atomic E-state index is 13.9. The van der Waals surface area contributed by atoms with E-state index in [0.29, 0.717) is 21.8 Å². The summed E-state index contributed by atoms with van der Waals surface area (Å²) >= 11 is 6.08. The van der Waals surface area contributed by atoms with Crippen LogP contribution in [0.1, 0.15) is 24.5 Å². The van der Waals surface area contributed by atoms with E-state index >= 15 is 0 Å². The van der Waals surface area contributed by atoms with Crippen molar-refractivity contribution in [2.24, 2.45) is 0 Å². The number of anilines is 2. The molecule has 3 amide bonds. The zero-order valence-electron chi connectivity index (χ0n) is 17.7. The summed E-state index contributed by atoms with van der Waals surface area (Å²) in [6.07, 6.45) is -0.440. The first-order valence-corrected chi connectivity index (χ1v) is 11.6. The number of amides is 3. The molecule has 32 heavy (non-hydrogen) atoms. The lowest BCUT2D eigenvalue weighted by molar-refractivity contribution is -0.125. The fourth-order valence-electron chi connectivity index (χ4n) is 3.65. The molecule has 1 aliphatic heterocycles. The van der Waals surface area contributed by atoms with Crippen molar-refractivity contribution in [3.63, 3.8) is 0 Å². The molecule has 170 valence electrons. The summed E-state index contributed by atoms with van der Waals surface area (Å²) in [6.45, 7) is 4.40. The SMILES string of the molecule is CC(=O)NCNC(=O)CC1C(=O)Nc2ccccc2N1S(=O)(=O)c1c(C)cc(Cl)cc1C. The summed E-state index contributed by atoms with van der Waals surface area (Å²) in [5.74, 6) is -1.57. The summed E-state index contributed by atoms with van der Waals surface area (Å²) in [4.78, 5) is 36.4. The number of benzene rings is 2. The van der Waals surface area contributed by atoms with Crippen LogP contribution in [0.15, 0.2) is 41.3 Å². The molecule has 1 unspecified atom stereocenters. The molecule has 1 heterocycles. The minimum absolute atomic E-state index is 0.0232. The van der Waals surface area contributed by atoms with Crippen molar-refractivity contribution in [3.8, 4) is 0 Å². The molecule has 0 saturated heterocycles. The zero-order chi connectivity index (χ0) is 23.6. The molecule has 1 aliphatic rings. The topological polar surface area (TPSA) is 125 Å². The van der Waals surface area contributed by atoms with Gasteiger partial charge in [-0.25, -0.2) is 8.42 Å². The van der Waals surface area contributed by atoms with Gasteiger partial charge < -0.3 is 16.0 Å². The number of para-hydroxylation sites is 2. The van der Waals surface area contributed by atoms with E-state index in [-0.39, 0.29) is 23.2 Å². The fourth-order valence-corrected chi connectivity index (χ4v) is 6.03. The molecule has 0 fully saturated rings. The quantitative estimate of drug-likeness (QED) is 0.548. The van der Waals surface area contributed by atoms with Gasteiger partial charge in [0.15, 0.2) is 0 Å². The van der Waals surface area contributed by atoms with Crippen LogP contribution in [0.4, 0.5) is 11.4 Å². The van der Waals surface area contributed by atoms with Crippen molar-refractivity contribution < 1.29 is 22.8 Å². The average molecular weight is 479 g/mol. The molecular formula is C21H23ClN4O5S. The number of nitrogens with zero attached hydrogens (tertiary/aromatic N) is 1. The third kappa shape index (κ3) is 4.71. The lowest BCUT2D eigenvalue weighted by Gasteiger charge is -2.37. The maximum absolute atomic E-state index is 13.9. The first kappa shape index (κ1) is 23.6. The third-order valence-electron chi connectivity index (χ3n) is 4.93. The van der Waals surface area contributed by atoms with Gasteiger partial charge in [0.1, 0.15) is 6.04 Å². The first-order valence-electron chi connectivity index (χ1n) is 9.74. The second-order valence-electron chi connectivity index (χ2n) is 7.41. The van der Waals surface area contributed by atoms with Crippen molar-refractivity contribution >= 4 is 50.7 Å². The minimum atomic E-state index is -4.25. The first-order chi connectivity index (χ1) is 15.0. The van der Waals surface area contributed by atoms with Crippen LogP contribution in [0.3, 0.4) is 0 Å². The Morgan fingerprint density at radius 2 is 1.75 bits per heavy atom. The Morgan fingerprint density at radius 1 is 1.12 bits per heavy atom. The molecule has 0 spiro atoms. The van der Waals surface area contributed by atoms with Gasteiger partial charge in [-0.05, 0) is 49.2 Å². The Labute approximate surface area is 191 Å². The number of nitrogens with one attached hydrogen (secondary N) is 3. The van der Waals surface area contributed by atoms with E-state index in [2.05, 4.69) is 16.0 Å². The van der Waals surface area contributed by atoms with Gasteiger partial charge in [0.25, 0.3) is 10.0 Å². The van der Waals surface area contributed by atoms with E-state index in [1.54, 1.807) is 38.1 Å². The van der Waals surface area contributed by atoms with Crippen LogP contribution in [-0.2, 0) is 24.4 Å². The number of sulfonamides is 1. The molecule has 2 aromatic carbocycles. The van der Waals surface area contributed by atoms with Crippen molar-refractivity contribution in [2.75, 3.05) is 16.3 Å². The van der Waals surface area contributed by atoms with Crippen LogP contribution in [0.25, 0.3) is 0 Å². The second-order valence-corrected chi connectivity index (χ2v) is 9.59. The molecule has 3 N–H and O–H groups in total. The number of hydrogen-bond acceptors (Lipinski definition) is 5. The van der Waals surface area contributed by atoms with Crippen LogP contribution in [0, 0.1) is 13.8 Å². The Bertz CT molecular complexity index is 1180. The standard InChI is InChI=1S/C21H23ClN4O5S/c1-12-8-15(22)9-13(2)20(12)32(30,31)26-17-7-5-4-6-16(17)25-21(29)18(26)10-19(28)24-11-23-14(3)27/h4-9,18H,10-11H2,1-3H3,(H,23,27)(H,24,28)(H,25,29). The number of halogens is 1. The van der Waals surface area contributed by atoms with Gasteiger partial charge in [-0.1, -0.05) is 23.7 Å². The summed E-state index contributed by atoms with van der Waals surface area (Å²) < 4.78 is 28.7. The van der Waals surface area contributed by atoms with Gasteiger partial charge in [-0.3, -0.25) is 18.7 Å². The molecule has 11 heteroatoms. The second kappa shape index (κ2) is 9.17. The molecule has 0 bridgehead atoms. The number of fused-ring (bicyclic) bond motifs is 1. The van der Waals surface area contributed by atoms with Gasteiger partial charge in [0, 0.05) is 11.9 Å². The van der Waals surface area contributed by atoms with Crippen LogP contribution < -0.4 is 20.3 Å². The summed E-state index contributed by atoms with van der Waals surface area (Å²) in [7, 11) is -4.25. The lowest BCUT2D eigenvalue weighted by atomic mass is 10.1. The Morgan fingerprint density at radius 3 is 2.38 bits per heavy atom. The smallest absolute Gasteiger partial charge is 0.265 e. The van der Waals surface area contributed by atoms with E-state index < -0.39 is 34.3 Å². The minimum Gasteiger partial charge on any atom is -0.339 e. The Kier molecular flexibility index (Phi) is 6.75. The van der Waals surface area contributed by atoms with Gasteiger partial charge >= 0.3 is 0 Å². The molecular weight excluding hydrogens is 456 g/mol. The van der Waals surface area contributed by atoms with Crippen molar-refractivity contribution in [1.29, 1.82) is 0 Å². The highest BCUT2D eigenvalue weighted by atomic mass is 35.5. The number of aryl methyl sites for hydroxylation is 2. The number of hydrogen-bond donors (Lipinski definition) is 3. The van der Waals surface area contributed by atoms with Crippen LogP contribution in [0.2, 0.25) is 5.02 Å². The molecule has 0 aromatic heterocycles. The van der Waals surface area contributed by atoms with Gasteiger partial charge in [0.05, 0.1) is 29.4 Å². The summed E-state index contributed by atoms with van der Waals surface area (Å²) in [5.41, 5.74) is 1.42. The number of rotatable bonds is 6. The Balaban J connectivity index is 2.07. The average Bonchev–Trinajstić information content (AvgIpc) is 2.66. The van der Waals surface area contributed by atoms with E-state index in [1.165, 1.54) is 19.1 Å². The highest BCUT2D eigenvalue weighted by Gasteiger charge is 2.42. The predicted molar refractivity (Wildman–Crippen MR) is 121 cm³/mol. The maximum Gasteiger partial charge on any atom is 0.265 e.